The van der Waals surface area contributed by atoms with E-state index in [1.165, 1.54) is 0 Å². The molecule has 0 aliphatic heterocycles. The summed E-state index contributed by atoms with van der Waals surface area (Å²) in [6, 6.07) is 0. The highest BCUT2D eigenvalue weighted by Crippen LogP contribution is 2.07. The first kappa shape index (κ1) is 12.8. The van der Waals surface area contributed by atoms with Crippen LogP contribution in [0.1, 0.15) is 44.9 Å². The van der Waals surface area contributed by atoms with Crippen LogP contribution in [0.2, 0.25) is 0 Å². The van der Waals surface area contributed by atoms with Gasteiger partial charge in [0.1, 0.15) is 0 Å². The highest BCUT2D eigenvalue weighted by atomic mass is 16.4. The molecule has 0 aromatic carbocycles. The molecule has 0 saturated carbocycles. The standard InChI is InChI=1S/C12H18O2/c1-2-3-4-5-6-7-8-9-10-11-12(13)14/h1,3-4H,5-11H2,(H,13,14). The third kappa shape index (κ3) is 10.8. The first-order valence-corrected chi connectivity index (χ1v) is 5.10. The summed E-state index contributed by atoms with van der Waals surface area (Å²) in [5, 5.41) is 8.39. The summed E-state index contributed by atoms with van der Waals surface area (Å²) in [6.45, 7) is 0. The van der Waals surface area contributed by atoms with Gasteiger partial charge in [-0.15, -0.1) is 6.42 Å². The predicted molar refractivity (Wildman–Crippen MR) is 57.9 cm³/mol. The molecule has 2 nitrogen and oxygen atoms in total. The van der Waals surface area contributed by atoms with Crippen molar-refractivity contribution in [3.05, 3.63) is 12.2 Å². The molecule has 78 valence electrons. The Morgan fingerprint density at radius 3 is 2.50 bits per heavy atom. The van der Waals surface area contributed by atoms with Gasteiger partial charge in [0, 0.05) is 6.42 Å². The normalized spacial score (nSPS) is 10.2. The Hall–Kier alpha value is -1.23. The zero-order valence-corrected chi connectivity index (χ0v) is 8.54. The maximum atomic E-state index is 10.2. The van der Waals surface area contributed by atoms with Gasteiger partial charge in [-0.1, -0.05) is 31.3 Å². The molecule has 0 aliphatic rings. The summed E-state index contributed by atoms with van der Waals surface area (Å²) in [5.74, 6) is 1.75. The molecule has 0 aliphatic carbocycles. The van der Waals surface area contributed by atoms with Crippen LogP contribution in [0.25, 0.3) is 0 Å². The SMILES string of the molecule is C#CC=CCCCCCCCC(=O)O. The van der Waals surface area contributed by atoms with Crippen molar-refractivity contribution in [2.24, 2.45) is 0 Å². The second-order valence-corrected chi connectivity index (χ2v) is 3.27. The molecule has 0 heterocycles. The second-order valence-electron chi connectivity index (χ2n) is 3.27. The molecule has 0 unspecified atom stereocenters. The van der Waals surface area contributed by atoms with Crippen LogP contribution >= 0.6 is 0 Å². The molecule has 2 heteroatoms. The number of hydrogen-bond acceptors (Lipinski definition) is 1. The maximum Gasteiger partial charge on any atom is 0.303 e. The first-order chi connectivity index (χ1) is 6.77. The van der Waals surface area contributed by atoms with E-state index >= 15 is 0 Å². The van der Waals surface area contributed by atoms with E-state index in [2.05, 4.69) is 5.92 Å². The van der Waals surface area contributed by atoms with Gasteiger partial charge in [0.25, 0.3) is 0 Å². The van der Waals surface area contributed by atoms with Crippen molar-refractivity contribution in [2.75, 3.05) is 0 Å². The fraction of sp³-hybridized carbons (Fsp3) is 0.583. The third-order valence-electron chi connectivity index (χ3n) is 1.98. The summed E-state index contributed by atoms with van der Waals surface area (Å²) in [6.07, 6.45) is 15.3. The lowest BCUT2D eigenvalue weighted by atomic mass is 10.1. The van der Waals surface area contributed by atoms with Crippen molar-refractivity contribution >= 4 is 5.97 Å². The number of carbonyl (C=O) groups is 1. The fourth-order valence-electron chi connectivity index (χ4n) is 1.22. The Morgan fingerprint density at radius 1 is 1.21 bits per heavy atom. The predicted octanol–water partition coefficient (Wildman–Crippen LogP) is 2.99. The van der Waals surface area contributed by atoms with Gasteiger partial charge >= 0.3 is 5.97 Å². The van der Waals surface area contributed by atoms with Gasteiger partial charge in [0.05, 0.1) is 0 Å². The lowest BCUT2D eigenvalue weighted by Crippen LogP contribution is -1.93. The number of rotatable bonds is 8. The average Bonchev–Trinajstić information content (AvgIpc) is 2.15. The van der Waals surface area contributed by atoms with Gasteiger partial charge in [-0.05, 0) is 25.3 Å². The molecule has 0 aromatic rings. The molecule has 0 atom stereocenters. The van der Waals surface area contributed by atoms with E-state index < -0.39 is 5.97 Å². The van der Waals surface area contributed by atoms with Crippen molar-refractivity contribution in [1.82, 2.24) is 0 Å². The Labute approximate surface area is 86.0 Å². The van der Waals surface area contributed by atoms with Crippen molar-refractivity contribution in [2.45, 2.75) is 44.9 Å². The number of allylic oxidation sites excluding steroid dienone is 2. The van der Waals surface area contributed by atoms with Crippen molar-refractivity contribution < 1.29 is 9.90 Å². The Kier molecular flexibility index (Phi) is 8.99. The van der Waals surface area contributed by atoms with Gasteiger partial charge in [-0.25, -0.2) is 0 Å². The van der Waals surface area contributed by atoms with E-state index in [1.54, 1.807) is 6.08 Å². The summed E-state index contributed by atoms with van der Waals surface area (Å²) in [7, 11) is 0. The first-order valence-electron chi connectivity index (χ1n) is 5.10. The van der Waals surface area contributed by atoms with E-state index in [9.17, 15) is 4.79 Å². The minimum Gasteiger partial charge on any atom is -0.481 e. The molecule has 0 fully saturated rings. The molecule has 0 radical (unpaired) electrons. The van der Waals surface area contributed by atoms with Crippen molar-refractivity contribution in [3.63, 3.8) is 0 Å². The van der Waals surface area contributed by atoms with Crippen LogP contribution in [0, 0.1) is 12.3 Å². The lowest BCUT2D eigenvalue weighted by Gasteiger charge is -1.97. The second kappa shape index (κ2) is 9.85. The van der Waals surface area contributed by atoms with E-state index in [0.29, 0.717) is 6.42 Å². The highest BCUT2D eigenvalue weighted by molar-refractivity contribution is 5.66. The van der Waals surface area contributed by atoms with Gasteiger partial charge in [-0.2, -0.15) is 0 Å². The van der Waals surface area contributed by atoms with E-state index in [1.807, 2.05) is 6.08 Å². The van der Waals surface area contributed by atoms with Crippen LogP contribution in [0.4, 0.5) is 0 Å². The smallest absolute Gasteiger partial charge is 0.303 e. The van der Waals surface area contributed by atoms with Crippen LogP contribution in [0.3, 0.4) is 0 Å². The number of terminal acetylenes is 1. The quantitative estimate of drug-likeness (QED) is 0.476. The number of unbranched alkanes of at least 4 members (excludes halogenated alkanes) is 5. The fourth-order valence-corrected chi connectivity index (χ4v) is 1.22. The van der Waals surface area contributed by atoms with Crippen LogP contribution in [-0.4, -0.2) is 11.1 Å². The number of carboxylic acid groups (broad SMARTS) is 1. The van der Waals surface area contributed by atoms with Gasteiger partial charge in [-0.3, -0.25) is 4.79 Å². The molecule has 14 heavy (non-hydrogen) atoms. The van der Waals surface area contributed by atoms with Crippen LogP contribution in [0.15, 0.2) is 12.2 Å². The van der Waals surface area contributed by atoms with Crippen molar-refractivity contribution in [1.29, 1.82) is 0 Å². The van der Waals surface area contributed by atoms with Crippen LogP contribution in [-0.2, 0) is 4.79 Å². The summed E-state index contributed by atoms with van der Waals surface area (Å²) in [5.41, 5.74) is 0. The highest BCUT2D eigenvalue weighted by Gasteiger charge is 1.95. The molecule has 0 bridgehead atoms. The third-order valence-corrected chi connectivity index (χ3v) is 1.98. The molecular formula is C12H18O2. The molecule has 0 saturated heterocycles. The number of aliphatic carboxylic acids is 1. The Morgan fingerprint density at radius 2 is 1.86 bits per heavy atom. The lowest BCUT2D eigenvalue weighted by molar-refractivity contribution is -0.137. The van der Waals surface area contributed by atoms with Gasteiger partial charge in [0.15, 0.2) is 0 Å². The van der Waals surface area contributed by atoms with Crippen LogP contribution in [0.5, 0.6) is 0 Å². The Balaban J connectivity index is 3.03. The van der Waals surface area contributed by atoms with Gasteiger partial charge in [0.2, 0.25) is 0 Å². The maximum absolute atomic E-state index is 10.2. The summed E-state index contributed by atoms with van der Waals surface area (Å²) < 4.78 is 0. The van der Waals surface area contributed by atoms with E-state index in [0.717, 1.165) is 38.5 Å². The zero-order valence-electron chi connectivity index (χ0n) is 8.54. The molecule has 1 N–H and O–H groups in total. The summed E-state index contributed by atoms with van der Waals surface area (Å²) in [4.78, 5) is 10.2. The topological polar surface area (TPSA) is 37.3 Å². The minimum atomic E-state index is -0.693. The van der Waals surface area contributed by atoms with Crippen LogP contribution < -0.4 is 0 Å². The molecule has 0 rings (SSSR count). The number of carboxylic acids is 1. The number of hydrogen-bond donors (Lipinski definition) is 1. The van der Waals surface area contributed by atoms with Crippen molar-refractivity contribution in [3.8, 4) is 12.3 Å². The molecule has 0 amide bonds. The molecule has 0 aromatic heterocycles. The Bertz CT molecular complexity index is 211. The minimum absolute atomic E-state index is 0.303. The molecular weight excluding hydrogens is 176 g/mol. The van der Waals surface area contributed by atoms with E-state index in [-0.39, 0.29) is 0 Å². The monoisotopic (exact) mass is 194 g/mol. The average molecular weight is 194 g/mol. The molecule has 0 spiro atoms. The van der Waals surface area contributed by atoms with E-state index in [4.69, 9.17) is 11.5 Å². The van der Waals surface area contributed by atoms with Gasteiger partial charge < -0.3 is 5.11 Å². The summed E-state index contributed by atoms with van der Waals surface area (Å²) >= 11 is 0. The zero-order chi connectivity index (χ0) is 10.6. The largest absolute Gasteiger partial charge is 0.481 e.